The van der Waals surface area contributed by atoms with E-state index in [1.807, 2.05) is 0 Å². The highest BCUT2D eigenvalue weighted by Gasteiger charge is 2.68. The maximum atomic E-state index is 14.0. The summed E-state index contributed by atoms with van der Waals surface area (Å²) in [6, 6.07) is -0.768. The number of guanidine groups is 1. The summed E-state index contributed by atoms with van der Waals surface area (Å²) in [7, 11) is -0.557. The SMILES string of the molecule is CC(C)C[C@H](NC(=O)[C@H](CCCNC(=N)N[N+](=O)[O-])NC(=O)C12CC3CC(CC1C3)C2)B1O[C@@H]2C[C@@H]3C[C@@H](C3(C)C)[C@]2(C)O1. The van der Waals surface area contributed by atoms with Crippen LogP contribution in [0, 0.1) is 61.9 Å². The molecule has 2 unspecified atom stereocenters. The normalized spacial score (nSPS) is 38.5. The topological polar surface area (TPSA) is 168 Å². The van der Waals surface area contributed by atoms with Crippen LogP contribution in [0.4, 0.5) is 0 Å². The van der Waals surface area contributed by atoms with Crippen molar-refractivity contribution < 1.29 is 23.9 Å². The van der Waals surface area contributed by atoms with E-state index >= 15 is 0 Å². The largest absolute Gasteiger partial charge is 0.481 e. The fourth-order valence-electron chi connectivity index (χ4n) is 10.5. The summed E-state index contributed by atoms with van der Waals surface area (Å²) in [4.78, 5) is 38.6. The van der Waals surface area contributed by atoms with E-state index in [4.69, 9.17) is 14.7 Å². The number of hydrazine groups is 1. The molecule has 2 amide bonds. The summed E-state index contributed by atoms with van der Waals surface area (Å²) in [5.74, 6) is 1.92. The number of nitrogens with one attached hydrogen (secondary N) is 5. The van der Waals surface area contributed by atoms with E-state index in [2.05, 4.69) is 50.6 Å². The van der Waals surface area contributed by atoms with Crippen molar-refractivity contribution in [3.05, 3.63) is 10.1 Å². The molecule has 8 rings (SSSR count). The Morgan fingerprint density at radius 1 is 1.05 bits per heavy atom. The van der Waals surface area contributed by atoms with Crippen LogP contribution in [0.1, 0.15) is 98.8 Å². The molecule has 8 fully saturated rings. The lowest BCUT2D eigenvalue weighted by molar-refractivity contribution is -0.525. The third-order valence-corrected chi connectivity index (χ3v) is 12.6. The quantitative estimate of drug-likeness (QED) is 0.0558. The summed E-state index contributed by atoms with van der Waals surface area (Å²) >= 11 is 0. The highest BCUT2D eigenvalue weighted by atomic mass is 16.7. The molecule has 0 aromatic heterocycles. The standard InChI is InChI=1S/C31H51BN6O6/c1-17(2)9-25(32-43-24-14-20-13-23(29(20,3)4)30(24,5)44-32)36-26(39)22(7-6-8-34-28(33)37-38(41)42)35-27(40)31-15-18-10-19(16-31)12-21(31)11-18/h17-25H,6-16H2,1-5H3,(H,35,40)(H,36,39)(H3,33,34,37)/t18?,19?,20-,21?,22-,23-,24+,25-,30-,31?/m0/s1. The minimum Gasteiger partial charge on any atom is -0.404 e. The highest BCUT2D eigenvalue weighted by molar-refractivity contribution is 6.48. The molecule has 1 aliphatic heterocycles. The Hall–Kier alpha value is -2.41. The molecule has 0 spiro atoms. The van der Waals surface area contributed by atoms with E-state index < -0.39 is 24.2 Å². The van der Waals surface area contributed by atoms with Crippen molar-refractivity contribution in [2.45, 2.75) is 123 Å². The maximum Gasteiger partial charge on any atom is 0.481 e. The number of amides is 2. The molecule has 5 N–H and O–H groups in total. The predicted octanol–water partition coefficient (Wildman–Crippen LogP) is 3.18. The van der Waals surface area contributed by atoms with Crippen molar-refractivity contribution in [2.24, 2.45) is 46.3 Å². The van der Waals surface area contributed by atoms with Crippen LogP contribution in [0.3, 0.4) is 0 Å². The van der Waals surface area contributed by atoms with Gasteiger partial charge in [-0.05, 0) is 112 Å². The first-order chi connectivity index (χ1) is 20.7. The second kappa shape index (κ2) is 11.4. The molecule has 12 nitrogen and oxygen atoms in total. The third kappa shape index (κ3) is 5.50. The average Bonchev–Trinajstić information content (AvgIpc) is 3.51. The average molecular weight is 615 g/mol. The van der Waals surface area contributed by atoms with Gasteiger partial charge in [0.05, 0.1) is 23.1 Å². The van der Waals surface area contributed by atoms with E-state index in [0.717, 1.165) is 38.5 Å². The first-order valence-electron chi connectivity index (χ1n) is 16.9. The van der Waals surface area contributed by atoms with Gasteiger partial charge in [0.2, 0.25) is 11.8 Å². The summed E-state index contributed by atoms with van der Waals surface area (Å²) in [6.45, 7) is 11.3. The number of nitrogens with zero attached hydrogens (tertiary/aromatic N) is 1. The Labute approximate surface area is 261 Å². The molecule has 1 saturated heterocycles. The van der Waals surface area contributed by atoms with E-state index in [-0.39, 0.29) is 52.8 Å². The molecule has 0 radical (unpaired) electrons. The molecule has 6 bridgehead atoms. The van der Waals surface area contributed by atoms with Crippen molar-refractivity contribution in [1.82, 2.24) is 21.4 Å². The number of nitro groups is 1. The van der Waals surface area contributed by atoms with Gasteiger partial charge in [0.15, 0.2) is 5.03 Å². The molecule has 7 saturated carbocycles. The van der Waals surface area contributed by atoms with E-state index in [1.54, 1.807) is 5.43 Å². The Balaban J connectivity index is 1.14. The van der Waals surface area contributed by atoms with Gasteiger partial charge in [-0.1, -0.05) is 33.1 Å². The Bertz CT molecular complexity index is 1170. The van der Waals surface area contributed by atoms with E-state index in [1.165, 1.54) is 6.42 Å². The molecular weight excluding hydrogens is 563 g/mol. The van der Waals surface area contributed by atoms with Crippen LogP contribution in [-0.2, 0) is 18.9 Å². The van der Waals surface area contributed by atoms with Gasteiger partial charge in [-0.2, -0.15) is 0 Å². The van der Waals surface area contributed by atoms with Gasteiger partial charge in [0.25, 0.3) is 5.96 Å². The minimum absolute atomic E-state index is 0.00242. The summed E-state index contributed by atoms with van der Waals surface area (Å²) in [5, 5.41) is 26.6. The van der Waals surface area contributed by atoms with E-state index in [9.17, 15) is 19.7 Å². The second-order valence-corrected chi connectivity index (χ2v) is 16.1. The van der Waals surface area contributed by atoms with Gasteiger partial charge in [0, 0.05) is 6.54 Å². The summed E-state index contributed by atoms with van der Waals surface area (Å²) in [5.41, 5.74) is 1.25. The summed E-state index contributed by atoms with van der Waals surface area (Å²) in [6.07, 6.45) is 8.86. The molecule has 8 aliphatic rings. The Morgan fingerprint density at radius 2 is 1.75 bits per heavy atom. The zero-order valence-electron chi connectivity index (χ0n) is 26.9. The van der Waals surface area contributed by atoms with Crippen molar-refractivity contribution in [1.29, 1.82) is 5.41 Å². The van der Waals surface area contributed by atoms with Gasteiger partial charge in [-0.15, -0.1) is 0 Å². The van der Waals surface area contributed by atoms with Crippen LogP contribution in [-0.4, -0.2) is 60.2 Å². The number of carbonyl (C=O) groups excluding carboxylic acids is 2. The minimum atomic E-state index is -0.793. The highest BCUT2D eigenvalue weighted by Crippen LogP contribution is 2.66. The van der Waals surface area contributed by atoms with Gasteiger partial charge in [0.1, 0.15) is 6.04 Å². The number of hydrogen-bond donors (Lipinski definition) is 5. The van der Waals surface area contributed by atoms with Crippen LogP contribution < -0.4 is 21.4 Å². The zero-order chi connectivity index (χ0) is 31.6. The molecular formula is C31H51BN6O6. The molecule has 244 valence electrons. The molecule has 8 atom stereocenters. The zero-order valence-corrected chi connectivity index (χ0v) is 26.9. The first kappa shape index (κ1) is 31.6. The van der Waals surface area contributed by atoms with Crippen LogP contribution >= 0.6 is 0 Å². The maximum absolute atomic E-state index is 14.0. The Kier molecular flexibility index (Phi) is 8.21. The summed E-state index contributed by atoms with van der Waals surface area (Å²) < 4.78 is 13.3. The molecule has 7 aliphatic carbocycles. The van der Waals surface area contributed by atoms with Crippen LogP contribution in [0.15, 0.2) is 0 Å². The number of hydrogen-bond acceptors (Lipinski definition) is 7. The molecule has 1 heterocycles. The molecule has 13 heteroatoms. The van der Waals surface area contributed by atoms with Gasteiger partial charge < -0.3 is 25.3 Å². The van der Waals surface area contributed by atoms with Crippen molar-refractivity contribution >= 4 is 24.9 Å². The van der Waals surface area contributed by atoms with Crippen molar-refractivity contribution in [3.8, 4) is 0 Å². The lowest BCUT2D eigenvalue weighted by Gasteiger charge is -2.64. The first-order valence-corrected chi connectivity index (χ1v) is 16.9. The predicted molar refractivity (Wildman–Crippen MR) is 165 cm³/mol. The fraction of sp³-hybridized carbons (Fsp3) is 0.903. The van der Waals surface area contributed by atoms with Gasteiger partial charge in [-0.3, -0.25) is 15.0 Å². The number of carbonyl (C=O) groups is 2. The van der Waals surface area contributed by atoms with Crippen molar-refractivity contribution in [2.75, 3.05) is 6.54 Å². The third-order valence-electron chi connectivity index (χ3n) is 12.6. The monoisotopic (exact) mass is 614 g/mol. The van der Waals surface area contributed by atoms with Crippen LogP contribution in [0.25, 0.3) is 0 Å². The van der Waals surface area contributed by atoms with Crippen molar-refractivity contribution in [3.63, 3.8) is 0 Å². The van der Waals surface area contributed by atoms with Crippen LogP contribution in [0.5, 0.6) is 0 Å². The second-order valence-electron chi connectivity index (χ2n) is 16.1. The molecule has 44 heavy (non-hydrogen) atoms. The lowest BCUT2D eigenvalue weighted by Crippen LogP contribution is -2.65. The molecule has 0 aromatic carbocycles. The Morgan fingerprint density at radius 3 is 2.39 bits per heavy atom. The van der Waals surface area contributed by atoms with Crippen LogP contribution in [0.2, 0.25) is 0 Å². The van der Waals surface area contributed by atoms with E-state index in [0.29, 0.717) is 48.9 Å². The van der Waals surface area contributed by atoms with Gasteiger partial charge in [-0.25, -0.2) is 10.1 Å². The molecule has 0 aromatic rings. The smallest absolute Gasteiger partial charge is 0.404 e. The number of rotatable bonds is 12. The lowest BCUT2D eigenvalue weighted by atomic mass is 9.43. The van der Waals surface area contributed by atoms with Gasteiger partial charge >= 0.3 is 7.12 Å². The fourth-order valence-corrected chi connectivity index (χ4v) is 10.5.